The number of rotatable bonds is 7. The third kappa shape index (κ3) is 3.97. The van der Waals surface area contributed by atoms with Gasteiger partial charge in [-0.15, -0.1) is 0 Å². The highest BCUT2D eigenvalue weighted by Crippen LogP contribution is 2.35. The van der Waals surface area contributed by atoms with Crippen molar-refractivity contribution in [3.63, 3.8) is 0 Å². The van der Waals surface area contributed by atoms with E-state index in [1.807, 2.05) is 59.4 Å². The van der Waals surface area contributed by atoms with Gasteiger partial charge in [0, 0.05) is 24.3 Å². The van der Waals surface area contributed by atoms with Gasteiger partial charge in [-0.1, -0.05) is 11.2 Å². The van der Waals surface area contributed by atoms with E-state index in [4.69, 9.17) is 14.2 Å². The van der Waals surface area contributed by atoms with E-state index in [0.717, 1.165) is 17.9 Å². The van der Waals surface area contributed by atoms with Crippen LogP contribution >= 0.6 is 0 Å². The van der Waals surface area contributed by atoms with Crippen molar-refractivity contribution in [2.24, 2.45) is 0 Å². The second-order valence-electron chi connectivity index (χ2n) is 8.06. The molecule has 2 aliphatic heterocycles. The Balaban J connectivity index is 1.12. The third-order valence-electron chi connectivity index (χ3n) is 6.05. The van der Waals surface area contributed by atoms with E-state index >= 15 is 0 Å². The van der Waals surface area contributed by atoms with Crippen LogP contribution in [-0.4, -0.2) is 66.2 Å². The summed E-state index contributed by atoms with van der Waals surface area (Å²) in [6.45, 7) is 1.84. The normalized spacial score (nSPS) is 24.1. The Hall–Kier alpha value is -3.67. The molecule has 5 heterocycles. The summed E-state index contributed by atoms with van der Waals surface area (Å²) in [7, 11) is 0. The standard InChI is InChI=1S/C22H22N8O3/c1-2-8-24-15(3-1)11-25-18-12-31-21-19(13-32-20(18)21)30-22(26-27-28-30)33-17-6-4-16(5-7-17)29-10-9-23-14-29/h1-10,14,18-21,25H,11-13H2/p+1/t18-,19-,20+,21+/m0/s1. The molecule has 33 heavy (non-hydrogen) atoms. The molecule has 2 aliphatic rings. The molecule has 168 valence electrons. The van der Waals surface area contributed by atoms with Crippen LogP contribution in [0.1, 0.15) is 11.7 Å². The van der Waals surface area contributed by atoms with Gasteiger partial charge in [-0.05, 0) is 46.8 Å². The Kier molecular flexibility index (Phi) is 5.26. The van der Waals surface area contributed by atoms with Crippen LogP contribution in [0.2, 0.25) is 0 Å². The molecule has 0 bridgehead atoms. The van der Waals surface area contributed by atoms with Crippen molar-refractivity contribution < 1.29 is 19.5 Å². The number of fused-ring (bicyclic) bond motifs is 1. The first kappa shape index (κ1) is 20.0. The summed E-state index contributed by atoms with van der Waals surface area (Å²) in [4.78, 5) is 8.46. The number of hydrogen-bond donors (Lipinski definition) is 1. The number of quaternary nitrogens is 1. The molecule has 0 amide bonds. The summed E-state index contributed by atoms with van der Waals surface area (Å²) < 4.78 is 21.8. The fourth-order valence-electron chi connectivity index (χ4n) is 4.38. The highest BCUT2D eigenvalue weighted by molar-refractivity contribution is 5.38. The number of nitrogens with zero attached hydrogens (tertiary/aromatic N) is 7. The van der Waals surface area contributed by atoms with Crippen molar-refractivity contribution in [2.45, 2.75) is 30.8 Å². The number of nitrogens with two attached hydrogens (primary N) is 1. The van der Waals surface area contributed by atoms with Gasteiger partial charge >= 0.3 is 6.01 Å². The predicted octanol–water partition coefficient (Wildman–Crippen LogP) is 0.517. The minimum absolute atomic E-state index is 0.0368. The lowest BCUT2D eigenvalue weighted by molar-refractivity contribution is -0.708. The number of ether oxygens (including phenoxy) is 3. The summed E-state index contributed by atoms with van der Waals surface area (Å²) in [6.07, 6.45) is 7.01. The molecule has 11 heteroatoms. The van der Waals surface area contributed by atoms with Crippen LogP contribution < -0.4 is 10.1 Å². The first-order valence-electron chi connectivity index (χ1n) is 10.9. The number of aromatic nitrogens is 7. The zero-order valence-corrected chi connectivity index (χ0v) is 17.7. The van der Waals surface area contributed by atoms with Gasteiger partial charge in [0.2, 0.25) is 0 Å². The lowest BCUT2D eigenvalue weighted by atomic mass is 10.1. The average Bonchev–Trinajstić information content (AvgIpc) is 3.64. The number of pyridine rings is 1. The Labute approximate surface area is 189 Å². The molecule has 0 radical (unpaired) electrons. The van der Waals surface area contributed by atoms with Crippen molar-refractivity contribution in [2.75, 3.05) is 13.2 Å². The van der Waals surface area contributed by atoms with Crippen molar-refractivity contribution in [3.8, 4) is 17.4 Å². The van der Waals surface area contributed by atoms with Gasteiger partial charge in [-0.2, -0.15) is 4.68 Å². The molecule has 4 atom stereocenters. The molecule has 3 aromatic heterocycles. The highest BCUT2D eigenvalue weighted by Gasteiger charge is 2.51. The van der Waals surface area contributed by atoms with Gasteiger partial charge in [-0.3, -0.25) is 4.98 Å². The summed E-state index contributed by atoms with van der Waals surface area (Å²) in [6, 6.07) is 13.9. The topological polar surface area (TPSA) is 119 Å². The molecule has 2 N–H and O–H groups in total. The van der Waals surface area contributed by atoms with Crippen LogP contribution in [-0.2, 0) is 16.0 Å². The largest absolute Gasteiger partial charge is 0.423 e. The molecular weight excluding hydrogens is 424 g/mol. The first-order chi connectivity index (χ1) is 16.3. The van der Waals surface area contributed by atoms with E-state index in [1.165, 1.54) is 0 Å². The minimum Gasteiger partial charge on any atom is -0.423 e. The molecule has 0 aliphatic carbocycles. The molecule has 0 saturated carbocycles. The number of benzene rings is 1. The molecule has 6 rings (SSSR count). The summed E-state index contributed by atoms with van der Waals surface area (Å²) in [5.74, 6) is 0.638. The van der Waals surface area contributed by atoms with Gasteiger partial charge in [0.15, 0.2) is 0 Å². The lowest BCUT2D eigenvalue weighted by Crippen LogP contribution is -2.91. The molecule has 2 saturated heterocycles. The van der Waals surface area contributed by atoms with Gasteiger partial charge in [-0.25, -0.2) is 4.98 Å². The van der Waals surface area contributed by atoms with Crippen molar-refractivity contribution in [1.29, 1.82) is 0 Å². The molecular formula is C22H23N8O3+. The summed E-state index contributed by atoms with van der Waals surface area (Å²) in [5, 5.41) is 14.3. The van der Waals surface area contributed by atoms with Crippen molar-refractivity contribution >= 4 is 0 Å². The first-order valence-corrected chi connectivity index (χ1v) is 10.9. The smallest absolute Gasteiger partial charge is 0.341 e. The number of imidazole rings is 1. The molecule has 0 unspecified atom stereocenters. The van der Waals surface area contributed by atoms with E-state index in [2.05, 4.69) is 30.8 Å². The second-order valence-corrected chi connectivity index (χ2v) is 8.06. The van der Waals surface area contributed by atoms with Crippen molar-refractivity contribution in [3.05, 3.63) is 73.1 Å². The Morgan fingerprint density at radius 1 is 1.03 bits per heavy atom. The summed E-state index contributed by atoms with van der Waals surface area (Å²) >= 11 is 0. The van der Waals surface area contributed by atoms with Crippen LogP contribution in [0.3, 0.4) is 0 Å². The van der Waals surface area contributed by atoms with E-state index in [1.54, 1.807) is 17.2 Å². The van der Waals surface area contributed by atoms with Crippen molar-refractivity contribution in [1.82, 2.24) is 34.7 Å². The SMILES string of the molecule is c1ccc(C[NH2+][C@H]2CO[C@H]3[C@@H]2OC[C@@H]3n2nnnc2Oc2ccc(-n3ccnc3)cc2)nc1. The molecule has 0 spiro atoms. The molecule has 1 aromatic carbocycles. The molecule has 2 fully saturated rings. The Bertz CT molecular complexity index is 1180. The zero-order valence-electron chi connectivity index (χ0n) is 17.7. The zero-order chi connectivity index (χ0) is 22.0. The number of tetrazole rings is 1. The monoisotopic (exact) mass is 447 g/mol. The van der Waals surface area contributed by atoms with Gasteiger partial charge in [0.25, 0.3) is 0 Å². The van der Waals surface area contributed by atoms with E-state index < -0.39 is 0 Å². The fourth-order valence-corrected chi connectivity index (χ4v) is 4.38. The maximum atomic E-state index is 6.12. The van der Waals surface area contributed by atoms with E-state index in [-0.39, 0.29) is 24.3 Å². The molecule has 11 nitrogen and oxygen atoms in total. The average molecular weight is 447 g/mol. The van der Waals surface area contributed by atoms with Crippen LogP contribution in [0.15, 0.2) is 67.4 Å². The molecule has 4 aromatic rings. The lowest BCUT2D eigenvalue weighted by Gasteiger charge is -2.16. The number of hydrogen-bond acceptors (Lipinski definition) is 8. The highest BCUT2D eigenvalue weighted by atomic mass is 16.6. The quantitative estimate of drug-likeness (QED) is 0.436. The third-order valence-corrected chi connectivity index (χ3v) is 6.05. The van der Waals surface area contributed by atoms with Gasteiger partial charge in [0.05, 0.1) is 18.6 Å². The predicted molar refractivity (Wildman–Crippen MR) is 114 cm³/mol. The second kappa shape index (κ2) is 8.70. The van der Waals surface area contributed by atoms with E-state index in [0.29, 0.717) is 25.0 Å². The maximum absolute atomic E-state index is 6.12. The van der Waals surface area contributed by atoms with Crippen LogP contribution in [0.25, 0.3) is 5.69 Å². The van der Waals surface area contributed by atoms with E-state index in [9.17, 15) is 0 Å². The van der Waals surface area contributed by atoms with Crippen LogP contribution in [0, 0.1) is 0 Å². The van der Waals surface area contributed by atoms with Crippen LogP contribution in [0.4, 0.5) is 0 Å². The van der Waals surface area contributed by atoms with Gasteiger partial charge in [0.1, 0.15) is 43.2 Å². The Morgan fingerprint density at radius 2 is 1.94 bits per heavy atom. The maximum Gasteiger partial charge on any atom is 0.341 e. The summed E-state index contributed by atoms with van der Waals surface area (Å²) in [5.41, 5.74) is 2.02. The van der Waals surface area contributed by atoms with Crippen LogP contribution in [0.5, 0.6) is 11.8 Å². The minimum atomic E-state index is -0.154. The fraction of sp³-hybridized carbons (Fsp3) is 0.318. The Morgan fingerprint density at radius 3 is 2.76 bits per heavy atom. The van der Waals surface area contributed by atoms with Gasteiger partial charge < -0.3 is 24.1 Å².